The average Bonchev–Trinajstić information content (AvgIpc) is 4.16. The minimum Gasteiger partial charge on any atom is -0.476 e. The van der Waals surface area contributed by atoms with Crippen molar-refractivity contribution in [2.45, 2.75) is 194 Å². The molecule has 0 aromatic carbocycles. The number of nitrogens with zero attached hydrogens (tertiary/aromatic N) is 6. The van der Waals surface area contributed by atoms with Crippen LogP contribution in [0.1, 0.15) is 179 Å². The predicted molar refractivity (Wildman–Crippen MR) is 270 cm³/mol. The number of aromatic carboxylic acids is 1. The Morgan fingerprint density at radius 1 is 0.577 bits per heavy atom. The second-order valence-electron chi connectivity index (χ2n) is 23.5. The van der Waals surface area contributed by atoms with Gasteiger partial charge < -0.3 is 36.6 Å². The lowest BCUT2D eigenvalue weighted by Gasteiger charge is -2.37. The number of nitrogens with one attached hydrogen (secondary N) is 3. The van der Waals surface area contributed by atoms with E-state index in [1.165, 1.54) is 82.1 Å². The Balaban J connectivity index is 0.000000202. The van der Waals surface area contributed by atoms with Gasteiger partial charge in [-0.1, -0.05) is 92.9 Å². The Hall–Kier alpha value is -5.06. The van der Waals surface area contributed by atoms with Crippen LogP contribution in [0.2, 0.25) is 0 Å². The van der Waals surface area contributed by atoms with E-state index in [-0.39, 0.29) is 64.4 Å². The highest BCUT2D eigenvalue weighted by Gasteiger charge is 2.49. The third-order valence-corrected chi connectivity index (χ3v) is 16.6. The maximum Gasteiger partial charge on any atom is 0.356 e. The van der Waals surface area contributed by atoms with Crippen LogP contribution >= 0.6 is 0 Å². The third kappa shape index (κ3) is 14.1. The summed E-state index contributed by atoms with van der Waals surface area (Å²) in [5, 5.41) is 17.4. The van der Waals surface area contributed by atoms with Crippen molar-refractivity contribution in [2.24, 2.45) is 52.1 Å². The zero-order chi connectivity index (χ0) is 51.6. The van der Waals surface area contributed by atoms with Gasteiger partial charge in [-0.25, -0.2) is 14.8 Å². The van der Waals surface area contributed by atoms with E-state index in [1.807, 2.05) is 51.3 Å². The molecule has 17 nitrogen and oxygen atoms in total. The van der Waals surface area contributed by atoms with E-state index >= 15 is 0 Å². The molecule has 10 atom stereocenters. The lowest BCUT2D eigenvalue weighted by molar-refractivity contribution is -0.141. The molecule has 4 aliphatic carbocycles. The molecule has 2 aromatic heterocycles. The van der Waals surface area contributed by atoms with Gasteiger partial charge in [-0.2, -0.15) is 0 Å². The van der Waals surface area contributed by atoms with Gasteiger partial charge >= 0.3 is 5.97 Å². The molecule has 8 rings (SSSR count). The first-order valence-electron chi connectivity index (χ1n) is 26.7. The first-order valence-corrected chi connectivity index (χ1v) is 26.7. The van der Waals surface area contributed by atoms with E-state index in [2.05, 4.69) is 49.7 Å². The highest BCUT2D eigenvalue weighted by atomic mass is 16.4. The predicted octanol–water partition coefficient (Wildman–Crippen LogP) is 6.58. The fraction of sp³-hybridized carbons (Fsp3) is 0.741. The van der Waals surface area contributed by atoms with Crippen molar-refractivity contribution in [1.29, 1.82) is 0 Å². The van der Waals surface area contributed by atoms with Crippen molar-refractivity contribution >= 4 is 35.5 Å². The topological polar surface area (TPSA) is 243 Å². The molecular formula is C54H84N10O7. The van der Waals surface area contributed by atoms with Gasteiger partial charge in [-0.05, 0) is 112 Å². The van der Waals surface area contributed by atoms with Crippen LogP contribution in [-0.4, -0.2) is 120 Å². The summed E-state index contributed by atoms with van der Waals surface area (Å²) in [4.78, 5) is 96.1. The number of carboxylic acids is 1. The van der Waals surface area contributed by atoms with Gasteiger partial charge in [0.05, 0.1) is 18.4 Å². The zero-order valence-corrected chi connectivity index (χ0v) is 43.8. The van der Waals surface area contributed by atoms with Crippen molar-refractivity contribution in [3.63, 3.8) is 0 Å². The van der Waals surface area contributed by atoms with Gasteiger partial charge in [0.25, 0.3) is 5.91 Å². The van der Waals surface area contributed by atoms with Gasteiger partial charge in [0.2, 0.25) is 23.6 Å². The number of nitrogens with two attached hydrogens (primary N) is 1. The summed E-state index contributed by atoms with van der Waals surface area (Å²) in [6.07, 6.45) is 26.2. The molecule has 2 aliphatic heterocycles. The standard InChI is InChI=1S/C27H41N5O3.C22H39N3O2.C5H4N2O2/c1-17-20-12-8-11-19(20)16-32(17)26(35)23(27(2,3)4)31-25(34)22(18-9-6-5-7-10-18)30-24(33)21-15-28-13-14-29-21;1-14-17-12-8-11-16(17)13-25(14)21(27)19(22(2,3)4)24-20(26)18(23)15-9-6-5-7-10-15;8-5(9)4-3-6-1-2-7-4/h13-15,17-20,22-23H,5-12,16H2,1-4H3,(H,30,33)(H,31,34);14-19H,5-13,23H2,1-4H3,(H,24,26);1-3H,(H,8,9)/t17-,19+,20-,22+,23-;14-,16+,17-,18+,19-;/m11./s1. The fourth-order valence-corrected chi connectivity index (χ4v) is 12.4. The molecule has 4 heterocycles. The highest BCUT2D eigenvalue weighted by molar-refractivity contribution is 5.97. The molecule has 0 radical (unpaired) electrons. The Morgan fingerprint density at radius 3 is 1.41 bits per heavy atom. The molecule has 2 saturated heterocycles. The molecule has 0 spiro atoms. The Labute approximate surface area is 421 Å². The zero-order valence-electron chi connectivity index (χ0n) is 43.8. The Bertz CT molecular complexity index is 2100. The fourth-order valence-electron chi connectivity index (χ4n) is 12.4. The van der Waals surface area contributed by atoms with Crippen LogP contribution in [0.4, 0.5) is 0 Å². The van der Waals surface area contributed by atoms with Crippen molar-refractivity contribution in [3.05, 3.63) is 48.6 Å². The van der Waals surface area contributed by atoms with E-state index in [0.29, 0.717) is 23.7 Å². The van der Waals surface area contributed by atoms with Crippen LogP contribution in [0.15, 0.2) is 37.2 Å². The van der Waals surface area contributed by atoms with Crippen molar-refractivity contribution in [1.82, 2.24) is 45.7 Å². The molecule has 6 N–H and O–H groups in total. The maximum atomic E-state index is 13.8. The number of hydrogen-bond donors (Lipinski definition) is 5. The van der Waals surface area contributed by atoms with E-state index in [9.17, 15) is 28.8 Å². The molecule has 17 heteroatoms. The quantitative estimate of drug-likeness (QED) is 0.160. The van der Waals surface area contributed by atoms with Crippen LogP contribution in [0.3, 0.4) is 0 Å². The smallest absolute Gasteiger partial charge is 0.356 e. The number of hydrogen-bond acceptors (Lipinski definition) is 11. The van der Waals surface area contributed by atoms with Crippen LogP contribution in [0, 0.1) is 46.3 Å². The number of amides is 5. The van der Waals surface area contributed by atoms with Gasteiger partial charge in [0.15, 0.2) is 5.69 Å². The minimum atomic E-state index is -1.05. The summed E-state index contributed by atoms with van der Waals surface area (Å²) >= 11 is 0. The summed E-state index contributed by atoms with van der Waals surface area (Å²) in [6, 6.07) is -1.91. The summed E-state index contributed by atoms with van der Waals surface area (Å²) in [7, 11) is 0. The number of aromatic nitrogens is 4. The Morgan fingerprint density at radius 2 is 1.01 bits per heavy atom. The molecule has 4 saturated carbocycles. The second kappa shape index (κ2) is 24.6. The van der Waals surface area contributed by atoms with Crippen molar-refractivity contribution < 1.29 is 33.9 Å². The molecule has 392 valence electrons. The molecule has 0 bridgehead atoms. The maximum absolute atomic E-state index is 13.8. The molecular weight excluding hydrogens is 901 g/mol. The van der Waals surface area contributed by atoms with Gasteiger partial charge in [0.1, 0.15) is 23.8 Å². The number of carbonyl (C=O) groups is 6. The first-order chi connectivity index (χ1) is 33.7. The van der Waals surface area contributed by atoms with Crippen molar-refractivity contribution in [3.8, 4) is 0 Å². The van der Waals surface area contributed by atoms with E-state index in [1.54, 1.807) is 0 Å². The van der Waals surface area contributed by atoms with Crippen LogP contribution in [0.5, 0.6) is 0 Å². The molecule has 0 unspecified atom stereocenters. The summed E-state index contributed by atoms with van der Waals surface area (Å²) < 4.78 is 0. The number of rotatable bonds is 11. The molecule has 5 amide bonds. The minimum absolute atomic E-state index is 0.00426. The molecule has 2 aromatic rings. The largest absolute Gasteiger partial charge is 0.476 e. The van der Waals surface area contributed by atoms with E-state index in [0.717, 1.165) is 70.9 Å². The van der Waals surface area contributed by atoms with Crippen LogP contribution in [-0.2, 0) is 19.2 Å². The lowest BCUT2D eigenvalue weighted by atomic mass is 9.82. The SMILES string of the molecule is C[C@@H]1[C@H]2CCC[C@H]2CN1C(=O)[C@@H](NC(=O)[C@@H](N)C1CCCCC1)C(C)(C)C.C[C@@H]1[C@H]2CCC[C@H]2CN1C(=O)[C@@H](NC(=O)[C@@H](NC(=O)c1cnccn1)C1CCCCC1)C(C)(C)C.O=C(O)c1cnccn1. The van der Waals surface area contributed by atoms with E-state index in [4.69, 9.17) is 10.8 Å². The number of likely N-dealkylation sites (tertiary alicyclic amines) is 2. The van der Waals surface area contributed by atoms with Gasteiger partial charge in [-0.3, -0.25) is 33.9 Å². The number of fused-ring (bicyclic) bond motifs is 2. The average molecular weight is 985 g/mol. The second-order valence-corrected chi connectivity index (χ2v) is 23.5. The normalized spacial score (nSPS) is 26.2. The summed E-state index contributed by atoms with van der Waals surface area (Å²) in [5.74, 6) is 0.875. The summed E-state index contributed by atoms with van der Waals surface area (Å²) in [6.45, 7) is 18.0. The van der Waals surface area contributed by atoms with Crippen molar-refractivity contribution in [2.75, 3.05) is 13.1 Å². The first kappa shape index (κ1) is 55.3. The van der Waals surface area contributed by atoms with E-state index < -0.39 is 41.5 Å². The molecule has 6 aliphatic rings. The van der Waals surface area contributed by atoms with Gasteiger partial charge in [0, 0.05) is 50.0 Å². The third-order valence-electron chi connectivity index (χ3n) is 16.6. The summed E-state index contributed by atoms with van der Waals surface area (Å²) in [5.41, 5.74) is 5.66. The Kier molecular flexibility index (Phi) is 19.1. The number of carboxylic acid groups (broad SMARTS) is 1. The lowest BCUT2D eigenvalue weighted by Crippen LogP contribution is -2.60. The highest BCUT2D eigenvalue weighted by Crippen LogP contribution is 2.44. The van der Waals surface area contributed by atoms with Gasteiger partial charge in [-0.15, -0.1) is 0 Å². The monoisotopic (exact) mass is 985 g/mol. The molecule has 6 fully saturated rings. The van der Waals surface area contributed by atoms with Crippen LogP contribution in [0.25, 0.3) is 0 Å². The number of carbonyl (C=O) groups excluding carboxylic acids is 5. The molecule has 71 heavy (non-hydrogen) atoms. The van der Waals surface area contributed by atoms with Crippen LogP contribution < -0.4 is 21.7 Å².